The predicted octanol–water partition coefficient (Wildman–Crippen LogP) is 2.76. The highest BCUT2D eigenvalue weighted by molar-refractivity contribution is 7.89. The summed E-state index contributed by atoms with van der Waals surface area (Å²) >= 11 is 0. The minimum atomic E-state index is -3.79. The molecule has 0 bridgehead atoms. The summed E-state index contributed by atoms with van der Waals surface area (Å²) in [5.74, 6) is -0.747. The van der Waals surface area contributed by atoms with Gasteiger partial charge in [0.05, 0.1) is 46.6 Å². The number of hydrogen-bond donors (Lipinski definition) is 3. The molecule has 0 aliphatic carbocycles. The topological polar surface area (TPSA) is 188 Å². The summed E-state index contributed by atoms with van der Waals surface area (Å²) in [6.45, 7) is 1.11. The Kier molecular flexibility index (Phi) is 7.62. The number of hydrogen-bond acceptors (Lipinski definition) is 9. The molecular weight excluding hydrogens is 586 g/mol. The van der Waals surface area contributed by atoms with Gasteiger partial charge in [-0.2, -0.15) is 14.8 Å². The highest BCUT2D eigenvalue weighted by Gasteiger charge is 2.27. The van der Waals surface area contributed by atoms with Gasteiger partial charge in [-0.25, -0.2) is 8.42 Å². The summed E-state index contributed by atoms with van der Waals surface area (Å²) in [6, 6.07) is 19.6. The van der Waals surface area contributed by atoms with Crippen molar-refractivity contribution < 1.29 is 22.7 Å². The van der Waals surface area contributed by atoms with Gasteiger partial charge in [-0.05, 0) is 53.7 Å². The summed E-state index contributed by atoms with van der Waals surface area (Å²) in [5, 5.41) is 29.6. The number of tetrazole rings is 1. The van der Waals surface area contributed by atoms with E-state index in [9.17, 15) is 23.3 Å². The number of anilines is 2. The van der Waals surface area contributed by atoms with E-state index in [2.05, 4.69) is 37.3 Å². The van der Waals surface area contributed by atoms with Crippen LogP contribution in [-0.2, 0) is 21.8 Å². The van der Waals surface area contributed by atoms with Crippen LogP contribution in [0.15, 0.2) is 71.6 Å². The average molecular weight is 612 g/mol. The molecule has 15 heteroatoms. The zero-order chi connectivity index (χ0) is 30.8. The molecule has 2 aromatic heterocycles. The number of nitrogens with one attached hydrogen (secondary N) is 3. The fourth-order valence-corrected chi connectivity index (χ4v) is 6.49. The monoisotopic (exact) mass is 611 g/mol. The maximum absolute atomic E-state index is 13.5. The molecule has 14 nitrogen and oxygen atoms in total. The van der Waals surface area contributed by atoms with Crippen molar-refractivity contribution >= 4 is 44.1 Å². The lowest BCUT2D eigenvalue weighted by molar-refractivity contribution is 0.0730. The first kappa shape index (κ1) is 28.7. The molecule has 0 atom stereocenters. The maximum Gasteiger partial charge on any atom is 0.272 e. The van der Waals surface area contributed by atoms with E-state index in [1.54, 1.807) is 48.0 Å². The molecule has 2 amide bonds. The minimum Gasteiger partial charge on any atom is -0.379 e. The number of nitrogens with zero attached hydrogens (tertiary/aromatic N) is 6. The molecule has 0 saturated carbocycles. The van der Waals surface area contributed by atoms with E-state index in [-0.39, 0.29) is 29.4 Å². The summed E-state index contributed by atoms with van der Waals surface area (Å²) in [6.07, 6.45) is 0. The molecule has 5 aromatic rings. The molecule has 0 spiro atoms. The molecule has 222 valence electrons. The highest BCUT2D eigenvalue weighted by Crippen LogP contribution is 2.30. The van der Waals surface area contributed by atoms with Gasteiger partial charge < -0.3 is 19.9 Å². The van der Waals surface area contributed by atoms with Gasteiger partial charge in [0.15, 0.2) is 0 Å². The molecule has 0 unspecified atom stereocenters. The number of amides is 2. The molecular formula is C29H25N9O5S. The van der Waals surface area contributed by atoms with Crippen LogP contribution in [0.4, 0.5) is 11.4 Å². The second-order valence-electron chi connectivity index (χ2n) is 9.89. The fourth-order valence-electron chi connectivity index (χ4n) is 5.03. The van der Waals surface area contributed by atoms with E-state index in [1.807, 2.05) is 6.07 Å². The number of aryl methyl sites for hydroxylation is 1. The Morgan fingerprint density at radius 2 is 1.75 bits per heavy atom. The molecule has 1 aliphatic rings. The van der Waals surface area contributed by atoms with Crippen LogP contribution in [0.1, 0.15) is 26.4 Å². The lowest BCUT2D eigenvalue weighted by atomic mass is 10.1. The fraction of sp³-hybridized carbons (Fsp3) is 0.172. The number of para-hydroxylation sites is 1. The van der Waals surface area contributed by atoms with Crippen LogP contribution in [0.25, 0.3) is 22.3 Å². The van der Waals surface area contributed by atoms with Crippen LogP contribution in [0, 0.1) is 11.3 Å². The largest absolute Gasteiger partial charge is 0.379 e. The van der Waals surface area contributed by atoms with Gasteiger partial charge in [-0.1, -0.05) is 18.2 Å². The minimum absolute atomic E-state index is 0.0195. The van der Waals surface area contributed by atoms with Crippen molar-refractivity contribution in [2.45, 2.75) is 4.90 Å². The zero-order valence-electron chi connectivity index (χ0n) is 23.3. The molecule has 3 aromatic carbocycles. The third-order valence-electron chi connectivity index (χ3n) is 7.22. The molecule has 6 rings (SSSR count). The average Bonchev–Trinajstić information content (AvgIpc) is 3.71. The van der Waals surface area contributed by atoms with Crippen LogP contribution >= 0.6 is 0 Å². The summed E-state index contributed by atoms with van der Waals surface area (Å²) in [4.78, 5) is 26.8. The Morgan fingerprint density at radius 3 is 2.50 bits per heavy atom. The third kappa shape index (κ3) is 5.40. The standard InChI is InChI=1S/C29H25N9O5S/c1-37-25(29(40)31-23-9-8-18(17-30)14-22(23)27-33-35-36-34-27)16-19-4-3-7-24(26(19)37)32-28(39)20-5-2-6-21(15-20)44(41,42)38-10-12-43-13-11-38/h2-9,14-16H,10-13H2,1H3,(H,31,40)(H,32,39)(H,33,34,35,36). The number of nitriles is 1. The lowest BCUT2D eigenvalue weighted by Crippen LogP contribution is -2.40. The first-order chi connectivity index (χ1) is 21.3. The van der Waals surface area contributed by atoms with Crippen molar-refractivity contribution in [3.05, 3.63) is 83.6 Å². The maximum atomic E-state index is 13.5. The normalized spacial score (nSPS) is 13.8. The number of sulfonamides is 1. The quantitative estimate of drug-likeness (QED) is 0.249. The number of H-pyrrole nitrogens is 1. The van der Waals surface area contributed by atoms with Crippen molar-refractivity contribution in [3.63, 3.8) is 0 Å². The van der Waals surface area contributed by atoms with Crippen molar-refractivity contribution in [1.29, 1.82) is 5.26 Å². The molecule has 3 N–H and O–H groups in total. The Hall–Kier alpha value is -5.43. The molecule has 0 radical (unpaired) electrons. The van der Waals surface area contributed by atoms with Gasteiger partial charge in [0, 0.05) is 36.7 Å². The number of aromatic nitrogens is 5. The van der Waals surface area contributed by atoms with Crippen LogP contribution in [0.5, 0.6) is 0 Å². The Labute approximate surface area is 251 Å². The Bertz CT molecular complexity index is 2040. The Morgan fingerprint density at radius 1 is 0.977 bits per heavy atom. The van der Waals surface area contributed by atoms with Crippen LogP contribution in [0.3, 0.4) is 0 Å². The van der Waals surface area contributed by atoms with E-state index in [1.165, 1.54) is 28.6 Å². The smallest absolute Gasteiger partial charge is 0.272 e. The van der Waals surface area contributed by atoms with Crippen LogP contribution < -0.4 is 10.6 Å². The number of morpholine rings is 1. The van der Waals surface area contributed by atoms with E-state index < -0.39 is 21.8 Å². The van der Waals surface area contributed by atoms with Crippen molar-refractivity contribution in [1.82, 2.24) is 29.5 Å². The third-order valence-corrected chi connectivity index (χ3v) is 9.12. The van der Waals surface area contributed by atoms with Gasteiger partial charge in [0.2, 0.25) is 15.8 Å². The van der Waals surface area contributed by atoms with E-state index >= 15 is 0 Å². The predicted molar refractivity (Wildman–Crippen MR) is 159 cm³/mol. The van der Waals surface area contributed by atoms with Crippen LogP contribution in [-0.4, -0.2) is 76.0 Å². The Balaban J connectivity index is 1.27. The van der Waals surface area contributed by atoms with Crippen molar-refractivity contribution in [2.75, 3.05) is 36.9 Å². The van der Waals surface area contributed by atoms with Gasteiger partial charge >= 0.3 is 0 Å². The number of rotatable bonds is 7. The van der Waals surface area contributed by atoms with Crippen molar-refractivity contribution in [2.24, 2.45) is 7.05 Å². The van der Waals surface area contributed by atoms with E-state index in [0.717, 1.165) is 0 Å². The SMILES string of the molecule is Cn1c(C(=O)Nc2ccc(C#N)cc2-c2nn[nH]n2)cc2cccc(NC(=O)c3cccc(S(=O)(=O)N4CCOCC4)c3)c21. The first-order valence-corrected chi connectivity index (χ1v) is 14.9. The van der Waals surface area contributed by atoms with Gasteiger partial charge in [-0.15, -0.1) is 10.2 Å². The summed E-state index contributed by atoms with van der Waals surface area (Å²) < 4.78 is 34.5. The number of ether oxygens (including phenoxy) is 1. The number of carbonyl (C=O) groups excluding carboxylic acids is 2. The zero-order valence-corrected chi connectivity index (χ0v) is 24.1. The molecule has 44 heavy (non-hydrogen) atoms. The molecule has 3 heterocycles. The second kappa shape index (κ2) is 11.7. The summed E-state index contributed by atoms with van der Waals surface area (Å²) in [5.41, 5.74) is 2.62. The highest BCUT2D eigenvalue weighted by atomic mass is 32.2. The molecule has 1 saturated heterocycles. The number of benzene rings is 3. The van der Waals surface area contributed by atoms with E-state index in [0.29, 0.717) is 52.3 Å². The first-order valence-electron chi connectivity index (χ1n) is 13.4. The van der Waals surface area contributed by atoms with Gasteiger partial charge in [0.1, 0.15) is 5.69 Å². The summed E-state index contributed by atoms with van der Waals surface area (Å²) in [7, 11) is -2.09. The van der Waals surface area contributed by atoms with Crippen molar-refractivity contribution in [3.8, 4) is 17.5 Å². The lowest BCUT2D eigenvalue weighted by Gasteiger charge is -2.26. The van der Waals surface area contributed by atoms with Gasteiger partial charge in [0.25, 0.3) is 11.8 Å². The van der Waals surface area contributed by atoms with Gasteiger partial charge in [-0.3, -0.25) is 9.59 Å². The molecule has 1 fully saturated rings. The number of fused-ring (bicyclic) bond motifs is 1. The number of aromatic amines is 1. The van der Waals surface area contributed by atoms with Crippen LogP contribution in [0.2, 0.25) is 0 Å². The molecule has 1 aliphatic heterocycles. The second-order valence-corrected chi connectivity index (χ2v) is 11.8. The van der Waals surface area contributed by atoms with E-state index in [4.69, 9.17) is 4.74 Å². The number of carbonyl (C=O) groups is 2.